The Morgan fingerprint density at radius 3 is 3.15 bits per heavy atom. The van der Waals surface area contributed by atoms with Gasteiger partial charge in [0.2, 0.25) is 0 Å². The van der Waals surface area contributed by atoms with E-state index in [1.165, 1.54) is 0 Å². The van der Waals surface area contributed by atoms with Gasteiger partial charge in [-0.3, -0.25) is 0 Å². The summed E-state index contributed by atoms with van der Waals surface area (Å²) >= 11 is 0. The topological polar surface area (TPSA) is 32.8 Å². The molecule has 0 unspecified atom stereocenters. The van der Waals surface area contributed by atoms with E-state index in [9.17, 15) is 5.11 Å². The maximum absolute atomic E-state index is 10.0. The van der Waals surface area contributed by atoms with Crippen molar-refractivity contribution in [3.8, 4) is 0 Å². The molecule has 2 aliphatic carbocycles. The van der Waals surface area contributed by atoms with Crippen LogP contribution in [0.4, 0.5) is 0 Å². The van der Waals surface area contributed by atoms with Crippen molar-refractivity contribution in [2.24, 2.45) is 5.41 Å². The maximum atomic E-state index is 10.0. The fourth-order valence-corrected chi connectivity index (χ4v) is 3.25. The fraction of sp³-hybridized carbons (Fsp3) is 0.818. The van der Waals surface area contributed by atoms with Crippen LogP contribution in [0.1, 0.15) is 32.6 Å². The Morgan fingerprint density at radius 1 is 1.54 bits per heavy atom. The Labute approximate surface area is 78.6 Å². The molecule has 0 amide bonds. The average Bonchev–Trinajstić information content (AvgIpc) is 2.79. The molecule has 2 nitrogen and oxygen atoms in total. The highest BCUT2D eigenvalue weighted by Gasteiger charge is 2.69. The zero-order chi connectivity index (χ0) is 9.10. The summed E-state index contributed by atoms with van der Waals surface area (Å²) in [6, 6.07) is 0. The molecule has 13 heavy (non-hydrogen) atoms. The van der Waals surface area contributed by atoms with Crippen LogP contribution in [0.2, 0.25) is 0 Å². The van der Waals surface area contributed by atoms with E-state index < -0.39 is 0 Å². The SMILES string of the molecule is C[C@]12C=CC[C@@H]3O[C@@]31CCC[C@H]2O. The first-order valence-electron chi connectivity index (χ1n) is 5.23. The van der Waals surface area contributed by atoms with Crippen molar-refractivity contribution in [2.45, 2.75) is 50.4 Å². The van der Waals surface area contributed by atoms with Crippen LogP contribution < -0.4 is 0 Å². The minimum absolute atomic E-state index is 0.0133. The molecule has 2 fully saturated rings. The van der Waals surface area contributed by atoms with E-state index in [0.29, 0.717) is 6.10 Å². The number of rotatable bonds is 0. The lowest BCUT2D eigenvalue weighted by molar-refractivity contribution is -0.0270. The summed E-state index contributed by atoms with van der Waals surface area (Å²) < 4.78 is 5.82. The lowest BCUT2D eigenvalue weighted by atomic mass is 9.61. The Hall–Kier alpha value is -0.340. The summed E-state index contributed by atoms with van der Waals surface area (Å²) in [5, 5.41) is 10.0. The molecule has 0 radical (unpaired) electrons. The smallest absolute Gasteiger partial charge is 0.106 e. The van der Waals surface area contributed by atoms with Crippen LogP contribution in [0.25, 0.3) is 0 Å². The molecule has 2 heteroatoms. The van der Waals surface area contributed by atoms with Gasteiger partial charge in [-0.1, -0.05) is 19.1 Å². The largest absolute Gasteiger partial charge is 0.392 e. The van der Waals surface area contributed by atoms with Crippen LogP contribution in [0.15, 0.2) is 12.2 Å². The van der Waals surface area contributed by atoms with E-state index in [1.807, 2.05) is 0 Å². The van der Waals surface area contributed by atoms with Gasteiger partial charge >= 0.3 is 0 Å². The maximum Gasteiger partial charge on any atom is 0.106 e. The highest BCUT2D eigenvalue weighted by atomic mass is 16.6. The average molecular weight is 180 g/mol. The first-order chi connectivity index (χ1) is 6.19. The van der Waals surface area contributed by atoms with Crippen molar-refractivity contribution < 1.29 is 9.84 Å². The van der Waals surface area contributed by atoms with Gasteiger partial charge in [-0.25, -0.2) is 0 Å². The van der Waals surface area contributed by atoms with Gasteiger partial charge in [0.25, 0.3) is 0 Å². The lowest BCUT2D eigenvalue weighted by Gasteiger charge is -2.43. The second kappa shape index (κ2) is 2.18. The van der Waals surface area contributed by atoms with Crippen molar-refractivity contribution >= 4 is 0 Å². The van der Waals surface area contributed by atoms with Gasteiger partial charge in [0.05, 0.1) is 12.2 Å². The van der Waals surface area contributed by atoms with E-state index >= 15 is 0 Å². The minimum atomic E-state index is -0.206. The molecule has 1 aliphatic heterocycles. The second-order valence-corrected chi connectivity index (χ2v) is 4.82. The Kier molecular flexibility index (Phi) is 1.34. The van der Waals surface area contributed by atoms with Crippen molar-refractivity contribution in [1.29, 1.82) is 0 Å². The Bertz CT molecular complexity index is 273. The number of ether oxygens (including phenoxy) is 1. The summed E-state index contributed by atoms with van der Waals surface area (Å²) in [5.74, 6) is 0. The standard InChI is InChI=1S/C11H16O2/c1-10-6-3-5-9-11(10,13-9)7-2-4-8(10)12/h3,6,8-9,12H,2,4-5,7H2,1H3/t8-,9+,10-,11+/m1/s1. The molecule has 1 heterocycles. The van der Waals surface area contributed by atoms with Crippen molar-refractivity contribution in [2.75, 3.05) is 0 Å². The highest BCUT2D eigenvalue weighted by molar-refractivity contribution is 5.28. The van der Waals surface area contributed by atoms with Gasteiger partial charge in [0, 0.05) is 5.41 Å². The molecule has 1 N–H and O–H groups in total. The summed E-state index contributed by atoms with van der Waals surface area (Å²) in [5.41, 5.74) is -0.0897. The quantitative estimate of drug-likeness (QED) is 0.454. The Morgan fingerprint density at radius 2 is 2.38 bits per heavy atom. The highest BCUT2D eigenvalue weighted by Crippen LogP contribution is 2.62. The predicted molar refractivity (Wildman–Crippen MR) is 49.3 cm³/mol. The third kappa shape index (κ3) is 0.767. The summed E-state index contributed by atoms with van der Waals surface area (Å²) in [7, 11) is 0. The number of aliphatic hydroxyl groups excluding tert-OH is 1. The molecule has 3 aliphatic rings. The van der Waals surface area contributed by atoms with Crippen LogP contribution >= 0.6 is 0 Å². The second-order valence-electron chi connectivity index (χ2n) is 4.82. The molecule has 3 rings (SSSR count). The van der Waals surface area contributed by atoms with E-state index in [4.69, 9.17) is 4.74 Å². The molecule has 1 saturated carbocycles. The zero-order valence-electron chi connectivity index (χ0n) is 7.99. The Balaban J connectivity index is 2.04. The minimum Gasteiger partial charge on any atom is -0.392 e. The van der Waals surface area contributed by atoms with Gasteiger partial charge < -0.3 is 9.84 Å². The third-order valence-corrected chi connectivity index (χ3v) is 4.26. The van der Waals surface area contributed by atoms with Crippen molar-refractivity contribution in [3.05, 3.63) is 12.2 Å². The van der Waals surface area contributed by atoms with E-state index in [-0.39, 0.29) is 17.1 Å². The van der Waals surface area contributed by atoms with E-state index in [1.54, 1.807) is 0 Å². The van der Waals surface area contributed by atoms with E-state index in [0.717, 1.165) is 25.7 Å². The third-order valence-electron chi connectivity index (χ3n) is 4.26. The lowest BCUT2D eigenvalue weighted by Crippen LogP contribution is -2.49. The molecule has 0 bridgehead atoms. The van der Waals surface area contributed by atoms with Gasteiger partial charge in [-0.2, -0.15) is 0 Å². The monoisotopic (exact) mass is 180 g/mol. The van der Waals surface area contributed by atoms with Crippen molar-refractivity contribution in [3.63, 3.8) is 0 Å². The van der Waals surface area contributed by atoms with Crippen molar-refractivity contribution in [1.82, 2.24) is 0 Å². The van der Waals surface area contributed by atoms with Crippen LogP contribution in [-0.4, -0.2) is 22.9 Å². The number of hydrogen-bond donors (Lipinski definition) is 1. The summed E-state index contributed by atoms with van der Waals surface area (Å²) in [6.45, 7) is 2.15. The molecule has 1 spiro atoms. The molecule has 4 atom stereocenters. The predicted octanol–water partition coefficient (Wildman–Crippen LogP) is 1.64. The van der Waals surface area contributed by atoms with Crippen LogP contribution in [0.5, 0.6) is 0 Å². The van der Waals surface area contributed by atoms with Crippen LogP contribution in [-0.2, 0) is 4.74 Å². The number of epoxide rings is 1. The van der Waals surface area contributed by atoms with Crippen LogP contribution in [0, 0.1) is 5.41 Å². The number of hydrogen-bond acceptors (Lipinski definition) is 2. The molecule has 0 aromatic rings. The van der Waals surface area contributed by atoms with Gasteiger partial charge in [-0.15, -0.1) is 0 Å². The first-order valence-corrected chi connectivity index (χ1v) is 5.23. The molecule has 72 valence electrons. The zero-order valence-corrected chi connectivity index (χ0v) is 7.99. The fourth-order valence-electron chi connectivity index (χ4n) is 3.25. The molecular formula is C11H16O2. The normalized spacial score (nSPS) is 58.3. The number of aliphatic hydroxyl groups is 1. The molecule has 1 saturated heterocycles. The summed E-state index contributed by atoms with van der Waals surface area (Å²) in [4.78, 5) is 0. The van der Waals surface area contributed by atoms with E-state index in [2.05, 4.69) is 19.1 Å². The summed E-state index contributed by atoms with van der Waals surface area (Å²) in [6.07, 6.45) is 8.77. The first kappa shape index (κ1) is 8.01. The van der Waals surface area contributed by atoms with Gasteiger partial charge in [0.15, 0.2) is 0 Å². The van der Waals surface area contributed by atoms with Gasteiger partial charge in [-0.05, 0) is 25.7 Å². The molecule has 0 aromatic heterocycles. The molecule has 0 aromatic carbocycles. The molecular weight excluding hydrogens is 164 g/mol. The van der Waals surface area contributed by atoms with Crippen LogP contribution in [0.3, 0.4) is 0 Å². The van der Waals surface area contributed by atoms with Gasteiger partial charge in [0.1, 0.15) is 5.60 Å².